The molecule has 0 spiro atoms. The summed E-state index contributed by atoms with van der Waals surface area (Å²) in [4.78, 5) is 14.4. The normalized spacial score (nSPS) is 22.7. The summed E-state index contributed by atoms with van der Waals surface area (Å²) < 4.78 is 0. The van der Waals surface area contributed by atoms with E-state index in [1.54, 1.807) is 0 Å². The third kappa shape index (κ3) is 3.74. The Morgan fingerprint density at radius 3 is 1.27 bits per heavy atom. The number of carbonyl (C=O) groups is 1. The number of rotatable bonds is 6. The maximum Gasteiger partial charge on any atom is 0.205 e. The first kappa shape index (κ1) is 21.3. The van der Waals surface area contributed by atoms with Crippen molar-refractivity contribution in [1.82, 2.24) is 0 Å². The minimum atomic E-state index is -1.68. The molecule has 0 heterocycles. The van der Waals surface area contributed by atoms with Gasteiger partial charge in [0.15, 0.2) is 11.2 Å². The van der Waals surface area contributed by atoms with E-state index in [4.69, 9.17) is 0 Å². The highest BCUT2D eigenvalue weighted by molar-refractivity contribution is 5.96. The topological polar surface area (TPSA) is 57.5 Å². The number of ketones is 1. The molecular weight excluding hydrogens is 372 g/mol. The fourth-order valence-electron chi connectivity index (χ4n) is 5.82. The van der Waals surface area contributed by atoms with Crippen LogP contribution in [-0.2, 0) is 16.0 Å². The van der Waals surface area contributed by atoms with Gasteiger partial charge in [0.05, 0.1) is 0 Å². The zero-order valence-corrected chi connectivity index (χ0v) is 17.8. The first-order chi connectivity index (χ1) is 14.6. The van der Waals surface area contributed by atoms with Gasteiger partial charge in [0.25, 0.3) is 0 Å². The van der Waals surface area contributed by atoms with E-state index in [0.29, 0.717) is 11.1 Å². The molecule has 2 aromatic rings. The summed E-state index contributed by atoms with van der Waals surface area (Å²) in [6.45, 7) is 0. The van der Waals surface area contributed by atoms with Crippen LogP contribution in [0.2, 0.25) is 0 Å². The second-order valence-electron chi connectivity index (χ2n) is 9.26. The molecule has 2 N–H and O–H groups in total. The first-order valence-electron chi connectivity index (χ1n) is 11.7. The van der Waals surface area contributed by atoms with E-state index in [1.807, 2.05) is 60.7 Å². The van der Waals surface area contributed by atoms with Gasteiger partial charge < -0.3 is 10.2 Å². The largest absolute Gasteiger partial charge is 0.377 e. The van der Waals surface area contributed by atoms with Gasteiger partial charge in [-0.2, -0.15) is 0 Å². The predicted octanol–water partition coefficient (Wildman–Crippen LogP) is 5.49. The Morgan fingerprint density at radius 1 is 0.600 bits per heavy atom. The standard InChI is InChI=1S/C27H34O3/c28-25(26(29,21-13-5-1-6-14-21)22-15-7-2-8-16-22)27(30,23-17-9-3-10-18-23)24-19-11-4-12-20-24/h1,3,5-6,9-10,13-14,17-18,22,24,29-30H,2,4,7-8,11-12,15-16,19-20H2. The third-order valence-corrected chi connectivity index (χ3v) is 7.51. The lowest BCUT2D eigenvalue weighted by Gasteiger charge is -2.46. The zero-order chi connectivity index (χ0) is 21.0. The van der Waals surface area contributed by atoms with Crippen molar-refractivity contribution in [3.05, 3.63) is 71.8 Å². The third-order valence-electron chi connectivity index (χ3n) is 7.51. The van der Waals surface area contributed by atoms with Crippen molar-refractivity contribution in [2.75, 3.05) is 0 Å². The van der Waals surface area contributed by atoms with Gasteiger partial charge in [-0.3, -0.25) is 4.79 Å². The highest BCUT2D eigenvalue weighted by Crippen LogP contribution is 2.48. The highest BCUT2D eigenvalue weighted by Gasteiger charge is 2.57. The van der Waals surface area contributed by atoms with E-state index >= 15 is 0 Å². The first-order valence-corrected chi connectivity index (χ1v) is 11.7. The summed E-state index contributed by atoms with van der Waals surface area (Å²) in [5.41, 5.74) is -2.12. The average molecular weight is 407 g/mol. The van der Waals surface area contributed by atoms with E-state index in [0.717, 1.165) is 64.2 Å². The van der Waals surface area contributed by atoms with Crippen LogP contribution >= 0.6 is 0 Å². The molecule has 4 rings (SSSR count). The Morgan fingerprint density at radius 2 is 0.933 bits per heavy atom. The summed E-state index contributed by atoms with van der Waals surface area (Å²) in [6.07, 6.45) is 9.59. The molecule has 2 aliphatic carbocycles. The predicted molar refractivity (Wildman–Crippen MR) is 119 cm³/mol. The molecule has 3 nitrogen and oxygen atoms in total. The minimum Gasteiger partial charge on any atom is -0.377 e. The summed E-state index contributed by atoms with van der Waals surface area (Å²) in [7, 11) is 0. The lowest BCUT2D eigenvalue weighted by atomic mass is 9.62. The van der Waals surface area contributed by atoms with Crippen LogP contribution < -0.4 is 0 Å². The highest BCUT2D eigenvalue weighted by atomic mass is 16.3. The molecule has 3 heteroatoms. The SMILES string of the molecule is O=C(C(O)(c1ccccc1)C1CCCCC1)C(O)(c1ccccc1)C1CCCCC1. The van der Waals surface area contributed by atoms with Crippen molar-refractivity contribution in [3.63, 3.8) is 0 Å². The van der Waals surface area contributed by atoms with Gasteiger partial charge in [-0.25, -0.2) is 0 Å². The van der Waals surface area contributed by atoms with Crippen LogP contribution in [-0.4, -0.2) is 16.0 Å². The van der Waals surface area contributed by atoms with Crippen molar-refractivity contribution in [1.29, 1.82) is 0 Å². The van der Waals surface area contributed by atoms with E-state index in [-0.39, 0.29) is 11.8 Å². The number of aliphatic hydroxyl groups is 2. The van der Waals surface area contributed by atoms with Gasteiger partial charge >= 0.3 is 0 Å². The Kier molecular flexibility index (Phi) is 6.40. The van der Waals surface area contributed by atoms with Crippen molar-refractivity contribution in [3.8, 4) is 0 Å². The van der Waals surface area contributed by atoms with Gasteiger partial charge in [-0.05, 0) is 48.6 Å². The van der Waals surface area contributed by atoms with E-state index in [1.165, 1.54) is 0 Å². The molecule has 2 fully saturated rings. The van der Waals surface area contributed by atoms with Gasteiger partial charge in [-0.15, -0.1) is 0 Å². The van der Waals surface area contributed by atoms with Crippen LogP contribution in [0, 0.1) is 11.8 Å². The number of Topliss-reactive ketones (excluding diaryl/α,β-unsaturated/α-hetero) is 1. The maximum atomic E-state index is 14.4. The molecule has 0 amide bonds. The number of hydrogen-bond donors (Lipinski definition) is 2. The molecule has 0 aliphatic heterocycles. The van der Waals surface area contributed by atoms with Gasteiger partial charge in [0, 0.05) is 0 Å². The molecule has 0 radical (unpaired) electrons. The van der Waals surface area contributed by atoms with Crippen molar-refractivity contribution in [2.24, 2.45) is 11.8 Å². The lowest BCUT2D eigenvalue weighted by Crippen LogP contribution is -2.56. The maximum absolute atomic E-state index is 14.4. The Balaban J connectivity index is 1.84. The second-order valence-corrected chi connectivity index (χ2v) is 9.26. The summed E-state index contributed by atoms with van der Waals surface area (Å²) in [5.74, 6) is -0.758. The summed E-state index contributed by atoms with van der Waals surface area (Å²) in [5, 5.41) is 24.4. The molecule has 30 heavy (non-hydrogen) atoms. The van der Waals surface area contributed by atoms with E-state index in [9.17, 15) is 15.0 Å². The van der Waals surface area contributed by atoms with Gasteiger partial charge in [0.2, 0.25) is 5.78 Å². The van der Waals surface area contributed by atoms with Crippen LogP contribution in [0.4, 0.5) is 0 Å². The fraction of sp³-hybridized carbons (Fsp3) is 0.519. The Bertz CT molecular complexity index is 752. The quantitative estimate of drug-likeness (QED) is 0.667. The molecule has 0 saturated heterocycles. The second kappa shape index (κ2) is 9.03. The number of benzene rings is 2. The molecular formula is C27H34O3. The van der Waals surface area contributed by atoms with E-state index < -0.39 is 17.0 Å². The fourth-order valence-corrected chi connectivity index (χ4v) is 5.82. The smallest absolute Gasteiger partial charge is 0.205 e. The molecule has 0 bridgehead atoms. The van der Waals surface area contributed by atoms with Crippen LogP contribution in [0.25, 0.3) is 0 Å². The lowest BCUT2D eigenvalue weighted by molar-refractivity contribution is -0.176. The summed E-state index contributed by atoms with van der Waals surface area (Å²) in [6, 6.07) is 18.7. The average Bonchev–Trinajstić information content (AvgIpc) is 2.84. The molecule has 2 atom stereocenters. The van der Waals surface area contributed by atoms with E-state index in [2.05, 4.69) is 0 Å². The Labute approximate surface area is 180 Å². The zero-order valence-electron chi connectivity index (χ0n) is 17.8. The molecule has 2 unspecified atom stereocenters. The molecule has 2 aromatic carbocycles. The van der Waals surface area contributed by atoms with Crippen LogP contribution in [0.5, 0.6) is 0 Å². The molecule has 160 valence electrons. The minimum absolute atomic E-state index is 0.167. The number of hydrogen-bond acceptors (Lipinski definition) is 3. The molecule has 2 saturated carbocycles. The van der Waals surface area contributed by atoms with Crippen LogP contribution in [0.1, 0.15) is 75.3 Å². The molecule has 0 aromatic heterocycles. The Hall–Kier alpha value is -1.97. The van der Waals surface area contributed by atoms with Crippen molar-refractivity contribution in [2.45, 2.75) is 75.4 Å². The van der Waals surface area contributed by atoms with Crippen LogP contribution in [0.15, 0.2) is 60.7 Å². The monoisotopic (exact) mass is 406 g/mol. The summed E-state index contributed by atoms with van der Waals surface area (Å²) >= 11 is 0. The number of carbonyl (C=O) groups excluding carboxylic acids is 1. The van der Waals surface area contributed by atoms with Gasteiger partial charge in [0.1, 0.15) is 0 Å². The van der Waals surface area contributed by atoms with Gasteiger partial charge in [-0.1, -0.05) is 99.2 Å². The molecule has 2 aliphatic rings. The van der Waals surface area contributed by atoms with Crippen LogP contribution in [0.3, 0.4) is 0 Å². The van der Waals surface area contributed by atoms with Crippen molar-refractivity contribution < 1.29 is 15.0 Å². The van der Waals surface area contributed by atoms with Crippen molar-refractivity contribution >= 4 is 5.78 Å².